The number of rotatable bonds is 2. The maximum atomic E-state index is 4.56. The number of anilines is 1. The molecule has 0 bridgehead atoms. The summed E-state index contributed by atoms with van der Waals surface area (Å²) in [6, 6.07) is 0.670. The molecule has 0 aliphatic carbocycles. The average molecular weight is 328 g/mol. The van der Waals surface area contributed by atoms with E-state index in [0.29, 0.717) is 11.8 Å². The van der Waals surface area contributed by atoms with Crippen molar-refractivity contribution >= 4 is 11.6 Å². The van der Waals surface area contributed by atoms with Crippen molar-refractivity contribution in [3.05, 3.63) is 17.6 Å². The number of aromatic nitrogens is 4. The van der Waals surface area contributed by atoms with Gasteiger partial charge in [-0.3, -0.25) is 4.90 Å². The Morgan fingerprint density at radius 3 is 2.58 bits per heavy atom. The molecule has 2 saturated heterocycles. The van der Waals surface area contributed by atoms with Crippen molar-refractivity contribution in [1.29, 1.82) is 0 Å². The zero-order chi connectivity index (χ0) is 16.5. The molecule has 6 heteroatoms. The van der Waals surface area contributed by atoms with Crippen molar-refractivity contribution in [3.8, 4) is 0 Å². The van der Waals surface area contributed by atoms with Crippen molar-refractivity contribution in [2.75, 3.05) is 31.1 Å². The topological polar surface area (TPSA) is 49.6 Å². The van der Waals surface area contributed by atoms with E-state index in [-0.39, 0.29) is 0 Å². The van der Waals surface area contributed by atoms with E-state index in [1.807, 2.05) is 4.52 Å². The minimum atomic E-state index is 0.670. The second-order valence-corrected chi connectivity index (χ2v) is 7.31. The molecule has 0 radical (unpaired) electrons. The van der Waals surface area contributed by atoms with Gasteiger partial charge in [0.05, 0.1) is 0 Å². The van der Waals surface area contributed by atoms with Crippen LogP contribution in [0.4, 0.5) is 5.82 Å². The van der Waals surface area contributed by atoms with Gasteiger partial charge in [-0.2, -0.15) is 14.6 Å². The number of likely N-dealkylation sites (tertiary alicyclic amines) is 1. The molecule has 4 rings (SSSR count). The van der Waals surface area contributed by atoms with Gasteiger partial charge in [-0.05, 0) is 52.6 Å². The number of hydrogen-bond donors (Lipinski definition) is 0. The van der Waals surface area contributed by atoms with Crippen LogP contribution >= 0.6 is 0 Å². The molecule has 0 amide bonds. The minimum Gasteiger partial charge on any atom is -0.355 e. The zero-order valence-electron chi connectivity index (χ0n) is 14.9. The van der Waals surface area contributed by atoms with Gasteiger partial charge in [0.15, 0.2) is 0 Å². The first-order valence-corrected chi connectivity index (χ1v) is 9.40. The Hall–Kier alpha value is -1.69. The first-order valence-electron chi connectivity index (χ1n) is 9.40. The number of aryl methyl sites for hydroxylation is 1. The van der Waals surface area contributed by atoms with E-state index in [9.17, 15) is 0 Å². The van der Waals surface area contributed by atoms with Gasteiger partial charge >= 0.3 is 0 Å². The Kier molecular flexibility index (Phi) is 4.39. The van der Waals surface area contributed by atoms with Gasteiger partial charge in [0, 0.05) is 30.4 Å². The zero-order valence-corrected chi connectivity index (χ0v) is 14.9. The predicted molar refractivity (Wildman–Crippen MR) is 95.5 cm³/mol. The lowest BCUT2D eigenvalue weighted by molar-refractivity contribution is 0.181. The van der Waals surface area contributed by atoms with Crippen molar-refractivity contribution in [3.63, 3.8) is 0 Å². The van der Waals surface area contributed by atoms with Gasteiger partial charge in [0.2, 0.25) is 0 Å². The van der Waals surface area contributed by atoms with E-state index in [0.717, 1.165) is 18.8 Å². The molecule has 2 aliphatic heterocycles. The second-order valence-electron chi connectivity index (χ2n) is 7.31. The Labute approximate surface area is 143 Å². The van der Waals surface area contributed by atoms with E-state index in [1.165, 1.54) is 63.0 Å². The summed E-state index contributed by atoms with van der Waals surface area (Å²) in [6.07, 6.45) is 9.69. The van der Waals surface area contributed by atoms with Crippen LogP contribution in [0.15, 0.2) is 6.33 Å². The number of fused-ring (bicyclic) bond motifs is 1. The Balaban J connectivity index is 1.62. The first kappa shape index (κ1) is 15.8. The van der Waals surface area contributed by atoms with Crippen LogP contribution in [-0.2, 0) is 0 Å². The van der Waals surface area contributed by atoms with Crippen LogP contribution in [0.5, 0.6) is 0 Å². The summed E-state index contributed by atoms with van der Waals surface area (Å²) in [5, 5.41) is 4.44. The monoisotopic (exact) mass is 328 g/mol. The molecule has 24 heavy (non-hydrogen) atoms. The molecular weight excluding hydrogens is 300 g/mol. The molecule has 0 spiro atoms. The van der Waals surface area contributed by atoms with E-state index in [1.54, 1.807) is 6.33 Å². The summed E-state index contributed by atoms with van der Waals surface area (Å²) in [5.41, 5.74) is 2.28. The molecule has 0 saturated carbocycles. The fraction of sp³-hybridized carbons (Fsp3) is 0.722. The van der Waals surface area contributed by atoms with Crippen molar-refractivity contribution in [2.45, 2.75) is 58.4 Å². The molecule has 0 aromatic carbocycles. The van der Waals surface area contributed by atoms with Gasteiger partial charge in [-0.15, -0.1) is 0 Å². The molecule has 2 aliphatic rings. The second kappa shape index (κ2) is 6.67. The quantitative estimate of drug-likeness (QED) is 0.848. The Bertz CT molecular complexity index is 701. The predicted octanol–water partition coefficient (Wildman–Crippen LogP) is 2.59. The van der Waals surface area contributed by atoms with Crippen molar-refractivity contribution in [2.24, 2.45) is 0 Å². The summed E-state index contributed by atoms with van der Waals surface area (Å²) in [4.78, 5) is 14.1. The number of hydrogen-bond acceptors (Lipinski definition) is 5. The molecule has 2 fully saturated rings. The van der Waals surface area contributed by atoms with Gasteiger partial charge in [-0.1, -0.05) is 12.8 Å². The number of nitrogens with zero attached hydrogens (tertiary/aromatic N) is 6. The van der Waals surface area contributed by atoms with Crippen LogP contribution in [0.25, 0.3) is 5.78 Å². The van der Waals surface area contributed by atoms with Gasteiger partial charge in [-0.25, -0.2) is 4.98 Å². The molecule has 1 unspecified atom stereocenters. The van der Waals surface area contributed by atoms with E-state index in [2.05, 4.69) is 38.7 Å². The fourth-order valence-electron chi connectivity index (χ4n) is 4.29. The standard InChI is InChI=1S/C18H28N6/c1-14-15(2)21-18-19-13-20-24(18)17(14)23-11-7-8-16(12-23)22-9-5-3-4-6-10-22/h13,16H,3-12H2,1-2H3. The summed E-state index contributed by atoms with van der Waals surface area (Å²) in [5.74, 6) is 1.90. The third-order valence-electron chi connectivity index (χ3n) is 5.73. The molecule has 6 nitrogen and oxygen atoms in total. The highest BCUT2D eigenvalue weighted by molar-refractivity contribution is 5.54. The van der Waals surface area contributed by atoms with Crippen LogP contribution in [0.2, 0.25) is 0 Å². The van der Waals surface area contributed by atoms with Crippen molar-refractivity contribution in [1.82, 2.24) is 24.5 Å². The van der Waals surface area contributed by atoms with Crippen LogP contribution in [-0.4, -0.2) is 56.7 Å². The summed E-state index contributed by atoms with van der Waals surface area (Å²) < 4.78 is 1.92. The van der Waals surface area contributed by atoms with Crippen LogP contribution in [0.1, 0.15) is 49.8 Å². The third-order valence-corrected chi connectivity index (χ3v) is 5.73. The van der Waals surface area contributed by atoms with E-state index >= 15 is 0 Å². The van der Waals surface area contributed by atoms with Crippen LogP contribution < -0.4 is 4.90 Å². The summed E-state index contributed by atoms with van der Waals surface area (Å²) in [7, 11) is 0. The highest BCUT2D eigenvalue weighted by Gasteiger charge is 2.28. The lowest BCUT2D eigenvalue weighted by Crippen LogP contribution is -2.49. The SMILES string of the molecule is Cc1nc2ncnn2c(N2CCCC(N3CCCCCC3)C2)c1C. The largest absolute Gasteiger partial charge is 0.355 e. The summed E-state index contributed by atoms with van der Waals surface area (Å²) in [6.45, 7) is 8.97. The lowest BCUT2D eigenvalue weighted by atomic mass is 10.0. The molecule has 130 valence electrons. The Morgan fingerprint density at radius 1 is 1.00 bits per heavy atom. The van der Waals surface area contributed by atoms with E-state index < -0.39 is 0 Å². The highest BCUT2D eigenvalue weighted by Crippen LogP contribution is 2.27. The average Bonchev–Trinajstić information content (AvgIpc) is 2.88. The summed E-state index contributed by atoms with van der Waals surface area (Å²) >= 11 is 0. The minimum absolute atomic E-state index is 0.670. The van der Waals surface area contributed by atoms with Crippen LogP contribution in [0, 0.1) is 13.8 Å². The van der Waals surface area contributed by atoms with E-state index in [4.69, 9.17) is 0 Å². The number of piperidine rings is 1. The molecule has 0 N–H and O–H groups in total. The maximum Gasteiger partial charge on any atom is 0.254 e. The smallest absolute Gasteiger partial charge is 0.254 e. The maximum absolute atomic E-state index is 4.56. The molecule has 2 aromatic rings. The van der Waals surface area contributed by atoms with Crippen molar-refractivity contribution < 1.29 is 0 Å². The fourth-order valence-corrected chi connectivity index (χ4v) is 4.29. The van der Waals surface area contributed by atoms with Gasteiger partial charge < -0.3 is 4.90 Å². The third kappa shape index (κ3) is 2.88. The van der Waals surface area contributed by atoms with Gasteiger partial charge in [0.25, 0.3) is 5.78 Å². The lowest BCUT2D eigenvalue weighted by Gasteiger charge is -2.40. The molecular formula is C18H28N6. The van der Waals surface area contributed by atoms with Crippen LogP contribution in [0.3, 0.4) is 0 Å². The molecule has 1 atom stereocenters. The highest BCUT2D eigenvalue weighted by atomic mass is 15.4. The van der Waals surface area contributed by atoms with Gasteiger partial charge in [0.1, 0.15) is 12.1 Å². The molecule has 4 heterocycles. The Morgan fingerprint density at radius 2 is 1.79 bits per heavy atom. The molecule has 2 aromatic heterocycles. The first-order chi connectivity index (χ1) is 11.7. The normalized spacial score (nSPS) is 23.6.